The van der Waals surface area contributed by atoms with Crippen LogP contribution in [0.3, 0.4) is 0 Å². The summed E-state index contributed by atoms with van der Waals surface area (Å²) in [6.45, 7) is 4.27. The Bertz CT molecular complexity index is 957. The van der Waals surface area contributed by atoms with Gasteiger partial charge in [-0.25, -0.2) is 9.97 Å². The molecule has 1 aromatic heterocycles. The maximum absolute atomic E-state index is 5.21. The molecule has 1 aliphatic rings. The summed E-state index contributed by atoms with van der Waals surface area (Å²) in [5.74, 6) is 0.550. The third kappa shape index (κ3) is 2.29. The molecule has 114 valence electrons. The standard InChI is InChI=1S/C20H18N2O/c1-12-7-17(20-18(8-12)22-19(23-3)11-21-20)15-9-14-6-4-5-13(2)16(14)10-15/h4-9,11H,10H2,1-3H3. The van der Waals surface area contributed by atoms with Gasteiger partial charge in [-0.3, -0.25) is 0 Å². The fraction of sp³-hybridized carbons (Fsp3) is 0.200. The molecule has 0 saturated carbocycles. The van der Waals surface area contributed by atoms with Crippen molar-refractivity contribution in [3.63, 3.8) is 0 Å². The number of methoxy groups -OCH3 is 1. The molecule has 4 rings (SSSR count). The van der Waals surface area contributed by atoms with Crippen molar-refractivity contribution in [3.8, 4) is 5.88 Å². The molecule has 0 fully saturated rings. The molecule has 1 aliphatic carbocycles. The Morgan fingerprint density at radius 1 is 1.13 bits per heavy atom. The molecule has 0 saturated heterocycles. The normalized spacial score (nSPS) is 13.1. The summed E-state index contributed by atoms with van der Waals surface area (Å²) in [6, 6.07) is 10.7. The number of benzene rings is 2. The average molecular weight is 302 g/mol. The van der Waals surface area contributed by atoms with Crippen LogP contribution in [0.4, 0.5) is 0 Å². The molecular formula is C20H18N2O. The summed E-state index contributed by atoms with van der Waals surface area (Å²) >= 11 is 0. The zero-order valence-corrected chi connectivity index (χ0v) is 13.6. The van der Waals surface area contributed by atoms with Crippen LogP contribution in [0.2, 0.25) is 0 Å². The van der Waals surface area contributed by atoms with Crippen molar-refractivity contribution < 1.29 is 4.74 Å². The van der Waals surface area contributed by atoms with E-state index in [1.54, 1.807) is 13.3 Å². The molecule has 0 N–H and O–H groups in total. The van der Waals surface area contributed by atoms with Gasteiger partial charge in [0.1, 0.15) is 0 Å². The number of allylic oxidation sites excluding steroid dienone is 1. The number of aromatic nitrogens is 2. The highest BCUT2D eigenvalue weighted by Crippen LogP contribution is 2.36. The number of nitrogens with zero attached hydrogens (tertiary/aromatic N) is 2. The number of fused-ring (bicyclic) bond motifs is 2. The second-order valence-electron chi connectivity index (χ2n) is 6.08. The van der Waals surface area contributed by atoms with Crippen molar-refractivity contribution in [3.05, 3.63) is 64.3 Å². The van der Waals surface area contributed by atoms with Crippen LogP contribution in [-0.2, 0) is 6.42 Å². The lowest BCUT2D eigenvalue weighted by atomic mass is 9.98. The highest BCUT2D eigenvalue weighted by atomic mass is 16.5. The quantitative estimate of drug-likeness (QED) is 0.706. The van der Waals surface area contributed by atoms with E-state index in [0.717, 1.165) is 17.5 Å². The Labute approximate surface area is 135 Å². The first kappa shape index (κ1) is 13.9. The number of ether oxygens (including phenoxy) is 1. The van der Waals surface area contributed by atoms with Crippen LogP contribution in [0.1, 0.15) is 27.8 Å². The highest BCUT2D eigenvalue weighted by Gasteiger charge is 2.18. The first-order chi connectivity index (χ1) is 11.2. The van der Waals surface area contributed by atoms with Gasteiger partial charge in [0, 0.05) is 5.56 Å². The highest BCUT2D eigenvalue weighted by molar-refractivity contribution is 5.98. The van der Waals surface area contributed by atoms with Crippen molar-refractivity contribution >= 4 is 22.7 Å². The predicted octanol–water partition coefficient (Wildman–Crippen LogP) is 4.35. The van der Waals surface area contributed by atoms with Gasteiger partial charge in [0.25, 0.3) is 0 Å². The minimum absolute atomic E-state index is 0.550. The summed E-state index contributed by atoms with van der Waals surface area (Å²) in [4.78, 5) is 9.14. The van der Waals surface area contributed by atoms with E-state index >= 15 is 0 Å². The van der Waals surface area contributed by atoms with E-state index in [1.165, 1.54) is 33.4 Å². The first-order valence-electron chi connectivity index (χ1n) is 7.76. The fourth-order valence-electron chi connectivity index (χ4n) is 3.29. The van der Waals surface area contributed by atoms with E-state index < -0.39 is 0 Å². The van der Waals surface area contributed by atoms with Crippen molar-refractivity contribution in [2.75, 3.05) is 7.11 Å². The van der Waals surface area contributed by atoms with E-state index in [1.807, 2.05) is 0 Å². The Kier molecular flexibility index (Phi) is 3.15. The van der Waals surface area contributed by atoms with Gasteiger partial charge in [0.2, 0.25) is 5.88 Å². The smallest absolute Gasteiger partial charge is 0.232 e. The molecular weight excluding hydrogens is 284 g/mol. The van der Waals surface area contributed by atoms with Gasteiger partial charge in [-0.2, -0.15) is 0 Å². The van der Waals surface area contributed by atoms with Crippen molar-refractivity contribution in [1.29, 1.82) is 0 Å². The zero-order valence-electron chi connectivity index (χ0n) is 13.6. The molecule has 3 nitrogen and oxygen atoms in total. The van der Waals surface area contributed by atoms with Gasteiger partial charge >= 0.3 is 0 Å². The van der Waals surface area contributed by atoms with E-state index in [4.69, 9.17) is 4.74 Å². The molecule has 2 aromatic carbocycles. The minimum Gasteiger partial charge on any atom is -0.480 e. The second-order valence-corrected chi connectivity index (χ2v) is 6.08. The lowest BCUT2D eigenvalue weighted by Crippen LogP contribution is -1.96. The summed E-state index contributed by atoms with van der Waals surface area (Å²) < 4.78 is 5.21. The maximum atomic E-state index is 5.21. The molecule has 0 unspecified atom stereocenters. The van der Waals surface area contributed by atoms with Crippen LogP contribution < -0.4 is 4.74 Å². The topological polar surface area (TPSA) is 35.0 Å². The van der Waals surface area contributed by atoms with Crippen LogP contribution in [0.25, 0.3) is 22.7 Å². The van der Waals surface area contributed by atoms with Crippen molar-refractivity contribution in [2.24, 2.45) is 0 Å². The van der Waals surface area contributed by atoms with E-state index in [-0.39, 0.29) is 0 Å². The van der Waals surface area contributed by atoms with Crippen LogP contribution >= 0.6 is 0 Å². The number of rotatable bonds is 2. The largest absolute Gasteiger partial charge is 0.480 e. The van der Waals surface area contributed by atoms with Gasteiger partial charge in [-0.1, -0.05) is 24.3 Å². The molecule has 0 radical (unpaired) electrons. The van der Waals surface area contributed by atoms with Crippen molar-refractivity contribution in [1.82, 2.24) is 9.97 Å². The van der Waals surface area contributed by atoms with Crippen LogP contribution in [-0.4, -0.2) is 17.1 Å². The summed E-state index contributed by atoms with van der Waals surface area (Å²) in [6.07, 6.45) is 4.92. The molecule has 0 bridgehead atoms. The minimum atomic E-state index is 0.550. The van der Waals surface area contributed by atoms with E-state index in [2.05, 4.69) is 60.2 Å². The monoisotopic (exact) mass is 302 g/mol. The SMILES string of the molecule is COc1cnc2c(C3=Cc4cccc(C)c4C3)cc(C)cc2n1. The van der Waals surface area contributed by atoms with Gasteiger partial charge in [0.05, 0.1) is 24.3 Å². The lowest BCUT2D eigenvalue weighted by Gasteiger charge is -2.10. The number of hydrogen-bond donors (Lipinski definition) is 0. The Morgan fingerprint density at radius 2 is 2.00 bits per heavy atom. The number of hydrogen-bond acceptors (Lipinski definition) is 3. The number of aryl methyl sites for hydroxylation is 2. The van der Waals surface area contributed by atoms with E-state index in [9.17, 15) is 0 Å². The zero-order chi connectivity index (χ0) is 16.0. The van der Waals surface area contributed by atoms with E-state index in [0.29, 0.717) is 5.88 Å². The predicted molar refractivity (Wildman–Crippen MR) is 93.6 cm³/mol. The molecule has 0 spiro atoms. The van der Waals surface area contributed by atoms with Gasteiger partial charge < -0.3 is 4.74 Å². The third-order valence-corrected chi connectivity index (χ3v) is 4.47. The van der Waals surface area contributed by atoms with Crippen LogP contribution in [0.15, 0.2) is 36.5 Å². The first-order valence-corrected chi connectivity index (χ1v) is 7.76. The molecule has 0 aliphatic heterocycles. The second kappa shape index (κ2) is 5.20. The Hall–Kier alpha value is -2.68. The maximum Gasteiger partial charge on any atom is 0.232 e. The summed E-state index contributed by atoms with van der Waals surface area (Å²) in [5.41, 5.74) is 9.56. The molecule has 0 atom stereocenters. The van der Waals surface area contributed by atoms with Crippen LogP contribution in [0.5, 0.6) is 5.88 Å². The molecule has 3 heteroatoms. The van der Waals surface area contributed by atoms with Gasteiger partial charge in [-0.15, -0.1) is 0 Å². The lowest BCUT2D eigenvalue weighted by molar-refractivity contribution is 0.397. The van der Waals surface area contributed by atoms with Crippen molar-refractivity contribution in [2.45, 2.75) is 20.3 Å². The summed E-state index contributed by atoms with van der Waals surface area (Å²) in [5, 5.41) is 0. The Balaban J connectivity index is 1.89. The third-order valence-electron chi connectivity index (χ3n) is 4.47. The Morgan fingerprint density at radius 3 is 2.78 bits per heavy atom. The fourth-order valence-corrected chi connectivity index (χ4v) is 3.29. The van der Waals surface area contributed by atoms with Gasteiger partial charge in [0.15, 0.2) is 0 Å². The molecule has 3 aromatic rings. The molecule has 23 heavy (non-hydrogen) atoms. The summed E-state index contributed by atoms with van der Waals surface area (Å²) in [7, 11) is 1.62. The molecule has 1 heterocycles. The average Bonchev–Trinajstić information content (AvgIpc) is 2.99. The van der Waals surface area contributed by atoms with Crippen LogP contribution in [0, 0.1) is 13.8 Å². The molecule has 0 amide bonds. The van der Waals surface area contributed by atoms with Gasteiger partial charge in [-0.05, 0) is 60.2 Å².